The zero-order valence-electron chi connectivity index (χ0n) is 7.43. The Labute approximate surface area is 78.1 Å². The molecule has 0 bridgehead atoms. The molecule has 13 heavy (non-hydrogen) atoms. The first kappa shape index (κ1) is 13.2. The highest BCUT2D eigenvalue weighted by Crippen LogP contribution is 2.06. The fourth-order valence-electron chi connectivity index (χ4n) is 0.608. The highest BCUT2D eigenvalue weighted by atomic mass is 28.5. The molecule has 0 aliphatic heterocycles. The van der Waals surface area contributed by atoms with Crippen LogP contribution < -0.4 is 0 Å². The second kappa shape index (κ2) is 5.14. The zero-order valence-corrected chi connectivity index (χ0v) is 9.43. The molecule has 9 heteroatoms. The van der Waals surface area contributed by atoms with E-state index in [1.165, 1.54) is 13.8 Å². The summed E-state index contributed by atoms with van der Waals surface area (Å²) in [6.45, 7) is 3.01. The van der Waals surface area contributed by atoms with E-state index in [1.807, 2.05) is 0 Å². The Morgan fingerprint density at radius 1 is 0.846 bits per heavy atom. The lowest BCUT2D eigenvalue weighted by molar-refractivity contribution is -0.000313. The summed E-state index contributed by atoms with van der Waals surface area (Å²) in [6.07, 6.45) is 0. The zero-order chi connectivity index (χ0) is 10.5. The van der Waals surface area contributed by atoms with Crippen LogP contribution >= 0.6 is 0 Å². The molecule has 0 amide bonds. The van der Waals surface area contributed by atoms with Crippen molar-refractivity contribution in [3.05, 3.63) is 0 Å². The van der Waals surface area contributed by atoms with E-state index in [0.717, 1.165) is 0 Å². The largest absolute Gasteiger partial charge is 0.668 e. The van der Waals surface area contributed by atoms with Gasteiger partial charge in [0.25, 0.3) is 0 Å². The van der Waals surface area contributed by atoms with Crippen LogP contribution in [0.2, 0.25) is 0 Å². The van der Waals surface area contributed by atoms with E-state index >= 15 is 0 Å². The second-order valence-corrected chi connectivity index (χ2v) is 5.65. The third-order valence-electron chi connectivity index (χ3n) is 0.931. The molecule has 7 nitrogen and oxygen atoms in total. The monoisotopic (exact) mass is 230 g/mol. The van der Waals surface area contributed by atoms with Gasteiger partial charge in [-0.05, 0) is 13.8 Å². The topological polar surface area (TPSA) is 109 Å². The van der Waals surface area contributed by atoms with Gasteiger partial charge < -0.3 is 32.1 Å². The van der Waals surface area contributed by atoms with E-state index in [0.29, 0.717) is 0 Å². The third kappa shape index (κ3) is 6.25. The van der Waals surface area contributed by atoms with Crippen molar-refractivity contribution >= 4 is 18.1 Å². The molecule has 0 radical (unpaired) electrons. The first-order valence-electron chi connectivity index (χ1n) is 3.70. The van der Waals surface area contributed by atoms with Crippen molar-refractivity contribution in [1.82, 2.24) is 0 Å². The minimum atomic E-state index is -4.44. The molecule has 80 valence electrons. The Morgan fingerprint density at radius 3 is 1.38 bits per heavy atom. The molecule has 0 heterocycles. The minimum Gasteiger partial charge on any atom is -0.368 e. The van der Waals surface area contributed by atoms with Gasteiger partial charge in [-0.1, -0.05) is 0 Å². The van der Waals surface area contributed by atoms with Gasteiger partial charge in [0.1, 0.15) is 0 Å². The molecular formula is C4H14O7Si2. The van der Waals surface area contributed by atoms with Crippen molar-refractivity contribution in [1.29, 1.82) is 0 Å². The predicted molar refractivity (Wildman–Crippen MR) is 44.7 cm³/mol. The van der Waals surface area contributed by atoms with E-state index < -0.39 is 18.1 Å². The summed E-state index contributed by atoms with van der Waals surface area (Å²) in [5, 5.41) is 0. The van der Waals surface area contributed by atoms with Crippen LogP contribution in [0.4, 0.5) is 0 Å². The number of rotatable bonds is 6. The predicted octanol–water partition coefficient (Wildman–Crippen LogP) is -2.08. The molecule has 0 saturated carbocycles. The fourth-order valence-corrected chi connectivity index (χ4v) is 3.22. The smallest absolute Gasteiger partial charge is 0.368 e. The summed E-state index contributed by atoms with van der Waals surface area (Å²) in [7, 11) is -8.88. The summed E-state index contributed by atoms with van der Waals surface area (Å²) in [6, 6.07) is 0. The van der Waals surface area contributed by atoms with Gasteiger partial charge in [0.15, 0.2) is 0 Å². The number of hydrogen-bond donors (Lipinski definition) is 4. The molecule has 4 N–H and O–H groups in total. The Hall–Kier alpha value is 0.154. The Morgan fingerprint density at radius 2 is 1.15 bits per heavy atom. The molecule has 0 saturated heterocycles. The lowest BCUT2D eigenvalue weighted by Crippen LogP contribution is -2.56. The Kier molecular flexibility index (Phi) is 5.20. The molecule has 0 aliphatic rings. The molecule has 0 aromatic carbocycles. The molecule has 0 aliphatic carbocycles. The average Bonchev–Trinajstić information content (AvgIpc) is 1.82. The molecular weight excluding hydrogens is 216 g/mol. The molecule has 0 spiro atoms. The van der Waals surface area contributed by atoms with Crippen molar-refractivity contribution < 1.29 is 32.1 Å². The fraction of sp³-hybridized carbons (Fsp3) is 1.00. The molecule has 0 fully saturated rings. The maximum atomic E-state index is 8.96. The first-order chi connectivity index (χ1) is 5.83. The van der Waals surface area contributed by atoms with Crippen LogP contribution in [-0.4, -0.2) is 50.5 Å². The van der Waals surface area contributed by atoms with Crippen molar-refractivity contribution in [3.8, 4) is 0 Å². The van der Waals surface area contributed by atoms with Crippen LogP contribution in [0.25, 0.3) is 0 Å². The van der Waals surface area contributed by atoms with Gasteiger partial charge in [0.2, 0.25) is 0 Å². The van der Waals surface area contributed by atoms with Gasteiger partial charge in [-0.15, -0.1) is 0 Å². The lowest BCUT2D eigenvalue weighted by Gasteiger charge is -2.22. The second-order valence-electron chi connectivity index (χ2n) is 2.07. The van der Waals surface area contributed by atoms with Crippen LogP contribution in [-0.2, 0) is 13.0 Å². The maximum Gasteiger partial charge on any atom is 0.668 e. The van der Waals surface area contributed by atoms with E-state index in [1.54, 1.807) is 0 Å². The highest BCUT2D eigenvalue weighted by molar-refractivity contribution is 6.65. The van der Waals surface area contributed by atoms with Crippen molar-refractivity contribution in [2.24, 2.45) is 0 Å². The third-order valence-corrected chi connectivity index (χ3v) is 4.39. The number of hydrogen-bond acceptors (Lipinski definition) is 7. The summed E-state index contributed by atoms with van der Waals surface area (Å²) in [5.41, 5.74) is 0. The summed E-state index contributed by atoms with van der Waals surface area (Å²) in [5.74, 6) is 0. The van der Waals surface area contributed by atoms with Crippen molar-refractivity contribution in [2.75, 3.05) is 13.2 Å². The Balaban J connectivity index is 4.07. The summed E-state index contributed by atoms with van der Waals surface area (Å²) < 4.78 is 12.9. The minimum absolute atomic E-state index is 0.00414. The van der Waals surface area contributed by atoms with Crippen LogP contribution in [0.3, 0.4) is 0 Å². The standard InChI is InChI=1S/C4H14O7Si2/c1-3-9-12(5,6)11-13(7,8)10-4-2/h5-8H,3-4H2,1-2H3. The molecule has 0 unspecified atom stereocenters. The van der Waals surface area contributed by atoms with Crippen LogP contribution in [0.15, 0.2) is 0 Å². The molecule has 0 rings (SSSR count). The quantitative estimate of drug-likeness (QED) is 0.388. The van der Waals surface area contributed by atoms with Crippen LogP contribution in [0.5, 0.6) is 0 Å². The van der Waals surface area contributed by atoms with Crippen molar-refractivity contribution in [2.45, 2.75) is 13.8 Å². The van der Waals surface area contributed by atoms with Crippen LogP contribution in [0.1, 0.15) is 13.8 Å². The summed E-state index contributed by atoms with van der Waals surface area (Å²) in [4.78, 5) is 35.8. The van der Waals surface area contributed by atoms with Gasteiger partial charge in [-0.2, -0.15) is 0 Å². The summed E-state index contributed by atoms with van der Waals surface area (Å²) >= 11 is 0. The molecule has 0 aromatic heterocycles. The lowest BCUT2D eigenvalue weighted by atomic mass is 10.9. The van der Waals surface area contributed by atoms with Crippen molar-refractivity contribution in [3.63, 3.8) is 0 Å². The van der Waals surface area contributed by atoms with E-state index in [-0.39, 0.29) is 13.2 Å². The van der Waals surface area contributed by atoms with Gasteiger partial charge in [0, 0.05) is 13.2 Å². The SMILES string of the molecule is CCO[Si](O)(O)O[Si](O)(O)OCC. The molecule has 0 atom stereocenters. The van der Waals surface area contributed by atoms with E-state index in [4.69, 9.17) is 19.2 Å². The maximum absolute atomic E-state index is 8.96. The van der Waals surface area contributed by atoms with Crippen LogP contribution in [0, 0.1) is 0 Å². The normalized spacial score (nSPS) is 13.4. The van der Waals surface area contributed by atoms with Gasteiger partial charge in [0.05, 0.1) is 0 Å². The first-order valence-corrected chi connectivity index (χ1v) is 7.12. The van der Waals surface area contributed by atoms with E-state index in [2.05, 4.69) is 13.0 Å². The highest BCUT2D eigenvalue weighted by Gasteiger charge is 2.50. The van der Waals surface area contributed by atoms with Gasteiger partial charge >= 0.3 is 18.1 Å². The van der Waals surface area contributed by atoms with Gasteiger partial charge in [-0.25, -0.2) is 0 Å². The Bertz CT molecular complexity index is 133. The van der Waals surface area contributed by atoms with Gasteiger partial charge in [-0.3, -0.25) is 0 Å². The van der Waals surface area contributed by atoms with E-state index in [9.17, 15) is 0 Å². The average molecular weight is 230 g/mol. The molecule has 0 aromatic rings.